The largest absolute Gasteiger partial charge is 0.504 e. The van der Waals surface area contributed by atoms with Gasteiger partial charge in [-0.15, -0.1) is 11.3 Å². The molecule has 1 saturated carbocycles. The minimum Gasteiger partial charge on any atom is -0.504 e. The summed E-state index contributed by atoms with van der Waals surface area (Å²) in [5, 5.41) is 24.5. The van der Waals surface area contributed by atoms with Crippen molar-refractivity contribution in [2.24, 2.45) is 0 Å². The molecular weight excluding hydrogens is 518 g/mol. The summed E-state index contributed by atoms with van der Waals surface area (Å²) in [5.41, 5.74) is 3.21. The summed E-state index contributed by atoms with van der Waals surface area (Å²) in [7, 11) is 0. The maximum Gasteiger partial charge on any atom is 0.266 e. The van der Waals surface area contributed by atoms with Crippen LogP contribution in [0.15, 0.2) is 60.9 Å². The molecule has 2 heterocycles. The lowest BCUT2D eigenvalue weighted by Gasteiger charge is -2.37. The molecule has 1 amide bonds. The van der Waals surface area contributed by atoms with Crippen LogP contribution in [0, 0.1) is 0 Å². The highest BCUT2D eigenvalue weighted by atomic mass is 35.5. The van der Waals surface area contributed by atoms with E-state index in [2.05, 4.69) is 35.4 Å². The molecule has 0 radical (unpaired) electrons. The van der Waals surface area contributed by atoms with E-state index in [9.17, 15) is 15.0 Å². The Kier molecular flexibility index (Phi) is 8.17. The van der Waals surface area contributed by atoms with Crippen LogP contribution in [0.5, 0.6) is 11.5 Å². The van der Waals surface area contributed by atoms with E-state index < -0.39 is 0 Å². The molecule has 2 aromatic heterocycles. The van der Waals surface area contributed by atoms with Crippen molar-refractivity contribution >= 4 is 38.9 Å². The van der Waals surface area contributed by atoms with Crippen molar-refractivity contribution in [3.8, 4) is 22.6 Å². The average Bonchev–Trinajstić information content (AvgIpc) is 3.26. The molecular formula is C30H32ClN3O3S. The number of rotatable bonds is 8. The van der Waals surface area contributed by atoms with Crippen molar-refractivity contribution < 1.29 is 15.0 Å². The molecule has 38 heavy (non-hydrogen) atoms. The predicted octanol–water partition coefficient (Wildman–Crippen LogP) is 6.98. The molecule has 0 unspecified atom stereocenters. The smallest absolute Gasteiger partial charge is 0.266 e. The first-order chi connectivity index (χ1) is 18.4. The fraction of sp³-hybridized carbons (Fsp3) is 0.333. The molecule has 1 aliphatic rings. The zero-order valence-electron chi connectivity index (χ0n) is 21.4. The Morgan fingerprint density at radius 3 is 2.53 bits per heavy atom. The van der Waals surface area contributed by atoms with Crippen LogP contribution in [-0.2, 0) is 6.54 Å². The van der Waals surface area contributed by atoms with Crippen molar-refractivity contribution in [2.75, 3.05) is 6.54 Å². The lowest BCUT2D eigenvalue weighted by atomic mass is 9.89. The summed E-state index contributed by atoms with van der Waals surface area (Å²) in [6.07, 6.45) is 8.54. The molecule has 6 nitrogen and oxygen atoms in total. The van der Waals surface area contributed by atoms with E-state index in [0.717, 1.165) is 55.3 Å². The van der Waals surface area contributed by atoms with E-state index in [1.165, 1.54) is 23.5 Å². The lowest BCUT2D eigenvalue weighted by molar-refractivity contribution is 0.0605. The number of carbonyl (C=O) groups is 1. The number of pyridine rings is 1. The van der Waals surface area contributed by atoms with E-state index in [1.54, 1.807) is 12.4 Å². The SMILES string of the molecule is CCCNC1CCC(N(Cc2cccc(-c3ccncc3)c2)C(=O)c2sc3cc(O)c(O)cc3c2Cl)CC1. The Morgan fingerprint density at radius 2 is 1.79 bits per heavy atom. The Bertz CT molecular complexity index is 1420. The second kappa shape index (κ2) is 11.7. The maximum absolute atomic E-state index is 14.1. The summed E-state index contributed by atoms with van der Waals surface area (Å²) in [6, 6.07) is 15.7. The van der Waals surface area contributed by atoms with Gasteiger partial charge in [-0.2, -0.15) is 0 Å². The van der Waals surface area contributed by atoms with Crippen molar-refractivity contribution in [1.29, 1.82) is 0 Å². The van der Waals surface area contributed by atoms with Gasteiger partial charge in [-0.1, -0.05) is 36.7 Å². The zero-order chi connectivity index (χ0) is 26.6. The highest BCUT2D eigenvalue weighted by Gasteiger charge is 2.32. The molecule has 0 atom stereocenters. The van der Waals surface area contributed by atoms with Gasteiger partial charge >= 0.3 is 0 Å². The van der Waals surface area contributed by atoms with Crippen LogP contribution in [0.25, 0.3) is 21.2 Å². The molecule has 0 saturated heterocycles. The quantitative estimate of drug-likeness (QED) is 0.206. The number of phenols is 2. The van der Waals surface area contributed by atoms with Crippen LogP contribution in [-0.4, -0.2) is 44.6 Å². The van der Waals surface area contributed by atoms with Crippen LogP contribution in [0.4, 0.5) is 0 Å². The fourth-order valence-corrected chi connectivity index (χ4v) is 6.73. The molecule has 3 N–H and O–H groups in total. The summed E-state index contributed by atoms with van der Waals surface area (Å²) in [6.45, 7) is 3.65. The fourth-order valence-electron chi connectivity index (χ4n) is 5.26. The number of hydrogen-bond acceptors (Lipinski definition) is 6. The van der Waals surface area contributed by atoms with Crippen LogP contribution < -0.4 is 5.32 Å². The molecule has 0 bridgehead atoms. The van der Waals surface area contributed by atoms with Gasteiger partial charge in [0, 0.05) is 47.2 Å². The molecule has 198 valence electrons. The Balaban J connectivity index is 1.46. The number of hydrogen-bond donors (Lipinski definition) is 3. The Labute approximate surface area is 231 Å². The van der Waals surface area contributed by atoms with E-state index in [1.807, 2.05) is 23.1 Å². The van der Waals surface area contributed by atoms with Gasteiger partial charge in [0.15, 0.2) is 11.5 Å². The molecule has 8 heteroatoms. The van der Waals surface area contributed by atoms with Gasteiger partial charge in [0.1, 0.15) is 4.88 Å². The summed E-state index contributed by atoms with van der Waals surface area (Å²) in [4.78, 5) is 20.6. The van der Waals surface area contributed by atoms with Gasteiger partial charge in [-0.3, -0.25) is 9.78 Å². The molecule has 0 spiro atoms. The van der Waals surface area contributed by atoms with E-state index >= 15 is 0 Å². The van der Waals surface area contributed by atoms with Crippen LogP contribution >= 0.6 is 22.9 Å². The second-order valence-electron chi connectivity index (χ2n) is 9.91. The van der Waals surface area contributed by atoms with Crippen molar-refractivity contribution in [3.05, 3.63) is 76.4 Å². The molecule has 4 aromatic rings. The van der Waals surface area contributed by atoms with Gasteiger partial charge in [-0.05, 0) is 79.6 Å². The molecule has 2 aromatic carbocycles. The van der Waals surface area contributed by atoms with E-state index in [-0.39, 0.29) is 23.4 Å². The van der Waals surface area contributed by atoms with Crippen molar-refractivity contribution in [3.63, 3.8) is 0 Å². The monoisotopic (exact) mass is 549 g/mol. The molecule has 5 rings (SSSR count). The van der Waals surface area contributed by atoms with Crippen molar-refractivity contribution in [2.45, 2.75) is 57.7 Å². The number of nitrogens with one attached hydrogen (secondary N) is 1. The zero-order valence-corrected chi connectivity index (χ0v) is 22.9. The summed E-state index contributed by atoms with van der Waals surface area (Å²) >= 11 is 7.96. The highest BCUT2D eigenvalue weighted by molar-refractivity contribution is 7.21. The van der Waals surface area contributed by atoms with Gasteiger partial charge in [0.05, 0.1) is 5.02 Å². The third kappa shape index (κ3) is 5.65. The Hall–Kier alpha value is -3.13. The lowest BCUT2D eigenvalue weighted by Crippen LogP contribution is -2.45. The summed E-state index contributed by atoms with van der Waals surface area (Å²) in [5.74, 6) is -0.592. The van der Waals surface area contributed by atoms with Gasteiger partial charge in [-0.25, -0.2) is 0 Å². The van der Waals surface area contributed by atoms with Gasteiger partial charge in [0.25, 0.3) is 5.91 Å². The topological polar surface area (TPSA) is 85.7 Å². The van der Waals surface area contributed by atoms with Crippen LogP contribution in [0.1, 0.15) is 54.3 Å². The predicted molar refractivity (Wildman–Crippen MR) is 154 cm³/mol. The first-order valence-electron chi connectivity index (χ1n) is 13.1. The maximum atomic E-state index is 14.1. The van der Waals surface area contributed by atoms with Gasteiger partial charge < -0.3 is 20.4 Å². The van der Waals surface area contributed by atoms with E-state index in [0.29, 0.717) is 32.6 Å². The first-order valence-corrected chi connectivity index (χ1v) is 14.3. The first kappa shape index (κ1) is 26.5. The van der Waals surface area contributed by atoms with Gasteiger partial charge in [0.2, 0.25) is 0 Å². The number of thiophene rings is 1. The highest BCUT2D eigenvalue weighted by Crippen LogP contribution is 2.42. The Morgan fingerprint density at radius 1 is 1.05 bits per heavy atom. The number of amides is 1. The normalized spacial score (nSPS) is 17.5. The molecule has 1 aliphatic carbocycles. The van der Waals surface area contributed by atoms with Crippen molar-refractivity contribution in [1.82, 2.24) is 15.2 Å². The average molecular weight is 550 g/mol. The van der Waals surface area contributed by atoms with Crippen LogP contribution in [0.2, 0.25) is 5.02 Å². The summed E-state index contributed by atoms with van der Waals surface area (Å²) < 4.78 is 0.667. The number of halogens is 1. The minimum atomic E-state index is -0.251. The van der Waals surface area contributed by atoms with Crippen LogP contribution in [0.3, 0.4) is 0 Å². The second-order valence-corrected chi connectivity index (χ2v) is 11.3. The number of nitrogens with zero attached hydrogens (tertiary/aromatic N) is 2. The number of fused-ring (bicyclic) bond motifs is 1. The standard InChI is InChI=1S/C30H32ClN3O3S/c1-2-12-33-22-6-8-23(9-7-22)34(18-19-4-3-5-21(15-19)20-10-13-32-14-11-20)30(37)29-28(31)24-16-25(35)26(36)17-27(24)38-29/h3-5,10-11,13-17,22-23,33,35-36H,2,6-9,12,18H2,1H3. The third-order valence-electron chi connectivity index (χ3n) is 7.29. The number of phenolic OH excluding ortho intramolecular Hbond substituents is 2. The number of carbonyl (C=O) groups excluding carboxylic acids is 1. The number of benzene rings is 2. The van der Waals surface area contributed by atoms with E-state index in [4.69, 9.17) is 11.6 Å². The minimum absolute atomic E-state index is 0.0924. The number of aromatic hydroxyl groups is 2. The third-order valence-corrected chi connectivity index (χ3v) is 8.94. The molecule has 0 aliphatic heterocycles. The molecule has 1 fully saturated rings. The number of aromatic nitrogens is 1.